The van der Waals surface area contributed by atoms with Gasteiger partial charge in [0.1, 0.15) is 5.82 Å². The molecular weight excluding hydrogens is 316 g/mol. The number of aryl methyl sites for hydroxylation is 1. The normalized spacial score (nSPS) is 11.1. The molecule has 0 aliphatic rings. The van der Waals surface area contributed by atoms with E-state index in [1.807, 2.05) is 6.20 Å². The van der Waals surface area contributed by atoms with Crippen LogP contribution >= 0.6 is 0 Å². The van der Waals surface area contributed by atoms with Gasteiger partial charge in [-0.05, 0) is 38.7 Å². The highest BCUT2D eigenvalue weighted by Crippen LogP contribution is 2.33. The summed E-state index contributed by atoms with van der Waals surface area (Å²) in [6.07, 6.45) is 8.62. The van der Waals surface area contributed by atoms with E-state index in [2.05, 4.69) is 77.6 Å². The molecule has 0 radical (unpaired) electrons. The van der Waals surface area contributed by atoms with Crippen molar-refractivity contribution in [1.29, 1.82) is 0 Å². The second-order valence-corrected chi connectivity index (χ2v) is 6.78. The van der Waals surface area contributed by atoms with Crippen LogP contribution in [0.15, 0.2) is 73.1 Å². The number of benzene rings is 4. The van der Waals surface area contributed by atoms with Crippen molar-refractivity contribution < 1.29 is 0 Å². The number of nitrogens with one attached hydrogen (secondary N) is 1. The molecule has 0 unspecified atom stereocenters. The zero-order valence-electron chi connectivity index (χ0n) is 15.2. The van der Waals surface area contributed by atoms with Gasteiger partial charge in [-0.25, -0.2) is 4.98 Å². The summed E-state index contributed by atoms with van der Waals surface area (Å²) in [5.74, 6) is 1.12. The maximum atomic E-state index is 4.13. The molecule has 1 N–H and O–H groups in total. The molecule has 0 bridgehead atoms. The van der Waals surface area contributed by atoms with Crippen molar-refractivity contribution >= 4 is 32.3 Å². The Morgan fingerprint density at radius 3 is 1.69 bits per heavy atom. The molecule has 0 atom stereocenters. The molecule has 130 valence electrons. The van der Waals surface area contributed by atoms with Gasteiger partial charge in [0, 0.05) is 18.8 Å². The van der Waals surface area contributed by atoms with Crippen molar-refractivity contribution in [2.45, 2.75) is 32.6 Å². The van der Waals surface area contributed by atoms with Crippen LogP contribution in [0, 0.1) is 0 Å². The highest BCUT2D eigenvalue weighted by molar-refractivity contribution is 6.22. The van der Waals surface area contributed by atoms with Gasteiger partial charge in [0.25, 0.3) is 0 Å². The van der Waals surface area contributed by atoms with Crippen molar-refractivity contribution in [1.82, 2.24) is 9.97 Å². The first kappa shape index (κ1) is 16.6. The van der Waals surface area contributed by atoms with E-state index in [1.165, 1.54) is 51.6 Å². The molecule has 1 aromatic heterocycles. The summed E-state index contributed by atoms with van der Waals surface area (Å²) >= 11 is 0. The van der Waals surface area contributed by atoms with Crippen LogP contribution in [0.1, 0.15) is 32.0 Å². The summed E-state index contributed by atoms with van der Waals surface area (Å²) in [4.78, 5) is 7.22. The van der Waals surface area contributed by atoms with Gasteiger partial charge in [0.05, 0.1) is 0 Å². The number of hydrogen-bond donors (Lipinski definition) is 1. The fraction of sp³-hybridized carbons (Fsp3) is 0.208. The Morgan fingerprint density at radius 1 is 0.731 bits per heavy atom. The molecule has 2 nitrogen and oxygen atoms in total. The maximum Gasteiger partial charge on any atom is 0.105 e. The molecule has 0 saturated carbocycles. The summed E-state index contributed by atoms with van der Waals surface area (Å²) in [6, 6.07) is 21.9. The van der Waals surface area contributed by atoms with Gasteiger partial charge in [0.15, 0.2) is 0 Å². The number of rotatable bonds is 4. The lowest BCUT2D eigenvalue weighted by Gasteiger charge is -2.09. The molecule has 2 heteroatoms. The Hall–Kier alpha value is -2.87. The van der Waals surface area contributed by atoms with E-state index in [0.717, 1.165) is 12.2 Å². The summed E-state index contributed by atoms with van der Waals surface area (Å²) in [5.41, 5.74) is 0. The second kappa shape index (κ2) is 7.57. The number of hydrogen-bond acceptors (Lipinski definition) is 1. The lowest BCUT2D eigenvalue weighted by molar-refractivity contribution is 0.699. The minimum atomic E-state index is 1.10. The van der Waals surface area contributed by atoms with Crippen LogP contribution in [0.4, 0.5) is 0 Å². The van der Waals surface area contributed by atoms with Crippen molar-refractivity contribution in [2.24, 2.45) is 0 Å². The Bertz CT molecular complexity index is 964. The van der Waals surface area contributed by atoms with Gasteiger partial charge < -0.3 is 4.98 Å². The van der Waals surface area contributed by atoms with Gasteiger partial charge in [0.2, 0.25) is 0 Å². The van der Waals surface area contributed by atoms with Crippen LogP contribution in [0.5, 0.6) is 0 Å². The highest BCUT2D eigenvalue weighted by atomic mass is 14.9. The van der Waals surface area contributed by atoms with Crippen LogP contribution in [0.2, 0.25) is 0 Å². The Balaban J connectivity index is 0.000000146. The number of unbranched alkanes of at least 4 members (excludes halogenated alkanes) is 2. The lowest BCUT2D eigenvalue weighted by atomic mass is 9.95. The van der Waals surface area contributed by atoms with Crippen molar-refractivity contribution in [3.05, 3.63) is 78.9 Å². The third-order valence-electron chi connectivity index (χ3n) is 4.96. The largest absolute Gasteiger partial charge is 0.349 e. The molecule has 0 fully saturated rings. The summed E-state index contributed by atoms with van der Waals surface area (Å²) in [7, 11) is 0. The molecule has 0 amide bonds. The maximum absolute atomic E-state index is 4.13. The minimum absolute atomic E-state index is 1.10. The molecule has 5 rings (SSSR count). The first-order valence-electron chi connectivity index (χ1n) is 9.47. The van der Waals surface area contributed by atoms with E-state index in [1.54, 1.807) is 6.20 Å². The second-order valence-electron chi connectivity index (χ2n) is 6.78. The molecular formula is C24H24N2. The zero-order valence-corrected chi connectivity index (χ0v) is 15.2. The molecule has 1 heterocycles. The van der Waals surface area contributed by atoms with Gasteiger partial charge >= 0.3 is 0 Å². The summed E-state index contributed by atoms with van der Waals surface area (Å²) < 4.78 is 0. The van der Waals surface area contributed by atoms with E-state index >= 15 is 0 Å². The van der Waals surface area contributed by atoms with Crippen LogP contribution in [0.25, 0.3) is 32.3 Å². The standard InChI is InChI=1S/C16H10.C8H14N2/c1-3-11-7-9-13-5-2-6-14-10-8-12(4-1)15(11)16(13)14;1-2-3-4-5-8-9-6-7-10-8/h1-10H;6-7H,2-5H2,1H3,(H,9,10). The molecule has 0 saturated heterocycles. The first-order valence-corrected chi connectivity index (χ1v) is 9.47. The topological polar surface area (TPSA) is 28.7 Å². The molecule has 5 aromatic rings. The highest BCUT2D eigenvalue weighted by Gasteiger charge is 2.05. The first-order chi connectivity index (χ1) is 12.9. The van der Waals surface area contributed by atoms with E-state index in [4.69, 9.17) is 0 Å². The number of aromatic amines is 1. The van der Waals surface area contributed by atoms with E-state index < -0.39 is 0 Å². The molecule has 0 spiro atoms. The van der Waals surface area contributed by atoms with Crippen LogP contribution in [0.3, 0.4) is 0 Å². The van der Waals surface area contributed by atoms with Crippen molar-refractivity contribution in [3.63, 3.8) is 0 Å². The number of nitrogens with zero attached hydrogens (tertiary/aromatic N) is 1. The Morgan fingerprint density at radius 2 is 1.27 bits per heavy atom. The molecule has 0 aliphatic carbocycles. The van der Waals surface area contributed by atoms with E-state index in [9.17, 15) is 0 Å². The SMILES string of the molecule is CCCCCc1ncc[nH]1.c1cc2ccc3cccc4ccc(c1)c2c34. The van der Waals surface area contributed by atoms with Crippen molar-refractivity contribution in [3.8, 4) is 0 Å². The quantitative estimate of drug-likeness (QED) is 0.285. The number of imidazole rings is 1. The fourth-order valence-electron chi connectivity index (χ4n) is 3.65. The third kappa shape index (κ3) is 3.28. The Kier molecular flexibility index (Phi) is 4.83. The van der Waals surface area contributed by atoms with Gasteiger partial charge in [-0.2, -0.15) is 0 Å². The zero-order chi connectivity index (χ0) is 17.8. The smallest absolute Gasteiger partial charge is 0.105 e. The predicted molar refractivity (Wildman–Crippen MR) is 112 cm³/mol. The molecule has 4 aromatic carbocycles. The van der Waals surface area contributed by atoms with Crippen LogP contribution < -0.4 is 0 Å². The van der Waals surface area contributed by atoms with Crippen molar-refractivity contribution in [2.75, 3.05) is 0 Å². The van der Waals surface area contributed by atoms with Crippen LogP contribution in [-0.4, -0.2) is 9.97 Å². The molecule has 26 heavy (non-hydrogen) atoms. The lowest BCUT2D eigenvalue weighted by Crippen LogP contribution is -1.86. The summed E-state index contributed by atoms with van der Waals surface area (Å²) in [6.45, 7) is 2.21. The molecule has 0 aliphatic heterocycles. The monoisotopic (exact) mass is 340 g/mol. The summed E-state index contributed by atoms with van der Waals surface area (Å²) in [5, 5.41) is 8.14. The fourth-order valence-corrected chi connectivity index (χ4v) is 3.65. The van der Waals surface area contributed by atoms with Gasteiger partial charge in [-0.3, -0.25) is 0 Å². The van der Waals surface area contributed by atoms with Gasteiger partial charge in [-0.1, -0.05) is 80.4 Å². The minimum Gasteiger partial charge on any atom is -0.349 e. The average molecular weight is 340 g/mol. The van der Waals surface area contributed by atoms with Crippen LogP contribution in [-0.2, 0) is 6.42 Å². The Labute approximate surface area is 154 Å². The van der Waals surface area contributed by atoms with Gasteiger partial charge in [-0.15, -0.1) is 0 Å². The predicted octanol–water partition coefficient (Wildman–Crippen LogP) is 6.73. The van der Waals surface area contributed by atoms with E-state index in [-0.39, 0.29) is 0 Å². The third-order valence-corrected chi connectivity index (χ3v) is 4.96. The number of H-pyrrole nitrogens is 1. The van der Waals surface area contributed by atoms with E-state index in [0.29, 0.717) is 0 Å². The number of aromatic nitrogens is 2. The average Bonchev–Trinajstić information content (AvgIpc) is 3.21.